The first kappa shape index (κ1) is 19.4. The molecule has 3 aromatic carbocycles. The third kappa shape index (κ3) is 4.89. The Kier molecular flexibility index (Phi) is 5.85. The van der Waals surface area contributed by atoms with Crippen LogP contribution >= 0.6 is 18.2 Å². The van der Waals surface area contributed by atoms with Crippen molar-refractivity contribution < 1.29 is 18.8 Å². The van der Waals surface area contributed by atoms with Crippen molar-refractivity contribution in [1.29, 1.82) is 0 Å². The van der Waals surface area contributed by atoms with Crippen LogP contribution in [0.15, 0.2) is 72.8 Å². The molecule has 3 rings (SSSR count). The first-order valence-electron chi connectivity index (χ1n) is 8.39. The highest BCUT2D eigenvalue weighted by molar-refractivity contribution is 7.80. The fraction of sp³-hybridized carbons (Fsp3) is 0.150. The van der Waals surface area contributed by atoms with Gasteiger partial charge in [0.15, 0.2) is 0 Å². The van der Waals surface area contributed by atoms with Gasteiger partial charge < -0.3 is 14.3 Å². The summed E-state index contributed by atoms with van der Waals surface area (Å²) < 4.78 is 15.9. The van der Waals surface area contributed by atoms with Crippen LogP contribution in [0.3, 0.4) is 0 Å². The molecule has 0 radical (unpaired) electrons. The highest BCUT2D eigenvalue weighted by Gasteiger charge is 2.30. The monoisotopic (exact) mass is 403 g/mol. The third-order valence-electron chi connectivity index (χ3n) is 4.28. The van der Waals surface area contributed by atoms with Gasteiger partial charge in [0.25, 0.3) is 0 Å². The Morgan fingerprint density at radius 1 is 1.07 bits per heavy atom. The minimum absolute atomic E-state index is 0.420. The Hall–Kier alpha value is -2.33. The van der Waals surface area contributed by atoms with Gasteiger partial charge in [0.05, 0.1) is 0 Å². The van der Waals surface area contributed by atoms with Crippen LogP contribution in [0, 0.1) is 0 Å². The summed E-state index contributed by atoms with van der Waals surface area (Å²) in [6.07, 6.45) is 0. The van der Waals surface area contributed by atoms with E-state index in [0.29, 0.717) is 6.54 Å². The fourth-order valence-corrected chi connectivity index (χ4v) is 3.56. The highest BCUT2D eigenvalue weighted by atomic mass is 35.7. The van der Waals surface area contributed by atoms with Crippen LogP contribution in [0.5, 0.6) is 0 Å². The lowest BCUT2D eigenvalue weighted by Crippen LogP contribution is -2.39. The highest BCUT2D eigenvalue weighted by Crippen LogP contribution is 2.48. The molecule has 0 aromatic heterocycles. The van der Waals surface area contributed by atoms with Crippen LogP contribution in [0.4, 0.5) is 5.69 Å². The van der Waals surface area contributed by atoms with Gasteiger partial charge in [-0.25, -0.2) is 9.36 Å². The van der Waals surface area contributed by atoms with Crippen molar-refractivity contribution in [1.82, 2.24) is 0 Å². The molecule has 0 bridgehead atoms. The Bertz CT molecular complexity index is 984. The number of hydrogen-bond acceptors (Lipinski definition) is 4. The lowest BCUT2D eigenvalue weighted by Gasteiger charge is -2.31. The van der Waals surface area contributed by atoms with Gasteiger partial charge in [-0.2, -0.15) is 0 Å². The zero-order valence-corrected chi connectivity index (χ0v) is 16.3. The van der Waals surface area contributed by atoms with E-state index in [1.54, 1.807) is 6.92 Å². The van der Waals surface area contributed by atoms with E-state index in [1.165, 1.54) is 0 Å². The molecule has 5 nitrogen and oxygen atoms in total. The predicted octanol–water partition coefficient (Wildman–Crippen LogP) is 5.12. The summed E-state index contributed by atoms with van der Waals surface area (Å²) in [4.78, 5) is 23.5. The molecular weight excluding hydrogens is 385 g/mol. The van der Waals surface area contributed by atoms with Gasteiger partial charge in [0, 0.05) is 28.9 Å². The van der Waals surface area contributed by atoms with Crippen LogP contribution in [0.2, 0.25) is 0 Å². The summed E-state index contributed by atoms with van der Waals surface area (Å²) in [5, 5.41) is 1.99. The summed E-state index contributed by atoms with van der Waals surface area (Å²) in [6, 6.07) is 22.5. The molecule has 0 aliphatic carbocycles. The Labute approximate surface area is 162 Å². The number of carbonyl (C=O) groups excluding carboxylic acids is 1. The molecule has 0 fully saturated rings. The summed E-state index contributed by atoms with van der Waals surface area (Å²) in [6.45, 7) is -2.40. The summed E-state index contributed by atoms with van der Waals surface area (Å²) in [7, 11) is 0. The SMILES string of the molecule is C[C@@H](C(=O)OP(=O)(O)Cl)N(Cc1ccccc1)c1cccc2ccccc12. The summed E-state index contributed by atoms with van der Waals surface area (Å²) >= 11 is 5.23. The second-order valence-electron chi connectivity index (χ2n) is 6.15. The number of carbonyl (C=O) groups is 1. The Morgan fingerprint density at radius 2 is 1.70 bits per heavy atom. The standard InChI is InChI=1S/C20H19ClNO4P/c1-15(20(23)26-27(21,24)25)22(14-16-8-3-2-4-9-16)19-13-7-11-17-10-5-6-12-18(17)19/h2-13,15H,14H2,1H3,(H,24,25)/t15-/m0/s1. The molecule has 1 N–H and O–H groups in total. The van der Waals surface area contributed by atoms with Crippen molar-refractivity contribution >= 4 is 40.6 Å². The van der Waals surface area contributed by atoms with Crippen molar-refractivity contribution in [3.05, 3.63) is 78.4 Å². The number of rotatable bonds is 6. The van der Waals surface area contributed by atoms with Crippen molar-refractivity contribution in [2.24, 2.45) is 0 Å². The molecule has 3 aromatic rings. The van der Waals surface area contributed by atoms with E-state index in [2.05, 4.69) is 4.52 Å². The third-order valence-corrected chi connectivity index (χ3v) is 4.90. The molecule has 0 heterocycles. The molecular formula is C20H19ClNO4P. The van der Waals surface area contributed by atoms with Crippen LogP contribution < -0.4 is 4.90 Å². The van der Waals surface area contributed by atoms with Gasteiger partial charge in [-0.3, -0.25) is 0 Å². The second kappa shape index (κ2) is 8.13. The van der Waals surface area contributed by atoms with Crippen LogP contribution in [0.25, 0.3) is 10.8 Å². The molecule has 0 aliphatic heterocycles. The molecule has 2 atom stereocenters. The van der Waals surface area contributed by atoms with Gasteiger partial charge in [0.2, 0.25) is 0 Å². The summed E-state index contributed by atoms with van der Waals surface area (Å²) in [5.74, 6) is -0.861. The summed E-state index contributed by atoms with van der Waals surface area (Å²) in [5.41, 5.74) is 1.81. The largest absolute Gasteiger partial charge is 0.476 e. The number of hydrogen-bond donors (Lipinski definition) is 1. The molecule has 1 unspecified atom stereocenters. The maximum Gasteiger partial charge on any atom is 0.476 e. The molecule has 0 saturated heterocycles. The van der Waals surface area contributed by atoms with Crippen LogP contribution in [-0.2, 0) is 20.4 Å². The lowest BCUT2D eigenvalue weighted by molar-refractivity contribution is -0.135. The molecule has 7 heteroatoms. The van der Waals surface area contributed by atoms with Crippen molar-refractivity contribution in [3.8, 4) is 0 Å². The maximum absolute atomic E-state index is 12.4. The van der Waals surface area contributed by atoms with Crippen molar-refractivity contribution in [2.45, 2.75) is 19.5 Å². The Balaban J connectivity index is 2.04. The lowest BCUT2D eigenvalue weighted by atomic mass is 10.1. The Morgan fingerprint density at radius 3 is 2.41 bits per heavy atom. The first-order chi connectivity index (χ1) is 12.8. The zero-order chi connectivity index (χ0) is 19.4. The van der Waals surface area contributed by atoms with Gasteiger partial charge in [-0.05, 0) is 23.9 Å². The van der Waals surface area contributed by atoms with Gasteiger partial charge in [-0.1, -0.05) is 66.7 Å². The number of nitrogens with zero attached hydrogens (tertiary/aromatic N) is 1. The van der Waals surface area contributed by atoms with E-state index in [1.807, 2.05) is 77.7 Å². The quantitative estimate of drug-likeness (QED) is 0.579. The van der Waals surface area contributed by atoms with Gasteiger partial charge >= 0.3 is 12.9 Å². The zero-order valence-electron chi connectivity index (χ0n) is 14.7. The van der Waals surface area contributed by atoms with Gasteiger partial charge in [-0.15, -0.1) is 0 Å². The van der Waals surface area contributed by atoms with E-state index in [0.717, 1.165) is 22.0 Å². The topological polar surface area (TPSA) is 66.8 Å². The minimum atomic E-state index is -4.44. The van der Waals surface area contributed by atoms with E-state index in [-0.39, 0.29) is 0 Å². The number of halogens is 1. The van der Waals surface area contributed by atoms with Crippen LogP contribution in [-0.4, -0.2) is 16.9 Å². The average Bonchev–Trinajstić information content (AvgIpc) is 2.65. The normalized spacial score (nSPS) is 14.3. The van der Waals surface area contributed by atoms with Gasteiger partial charge in [0.1, 0.15) is 6.04 Å². The number of benzene rings is 3. The van der Waals surface area contributed by atoms with Crippen molar-refractivity contribution in [3.63, 3.8) is 0 Å². The maximum atomic E-state index is 12.4. The fourth-order valence-electron chi connectivity index (χ4n) is 2.98. The van der Waals surface area contributed by atoms with Crippen LogP contribution in [0.1, 0.15) is 12.5 Å². The molecule has 0 amide bonds. The molecule has 0 spiro atoms. The average molecular weight is 404 g/mol. The molecule has 140 valence electrons. The second-order valence-corrected chi connectivity index (χ2v) is 8.52. The number of anilines is 1. The smallest absolute Gasteiger partial charge is 0.379 e. The van der Waals surface area contributed by atoms with E-state index in [4.69, 9.17) is 11.2 Å². The molecule has 0 saturated carbocycles. The first-order valence-corrected chi connectivity index (χ1v) is 10.9. The van der Waals surface area contributed by atoms with E-state index >= 15 is 0 Å². The molecule has 27 heavy (non-hydrogen) atoms. The van der Waals surface area contributed by atoms with E-state index < -0.39 is 19.0 Å². The minimum Gasteiger partial charge on any atom is -0.379 e. The predicted molar refractivity (Wildman–Crippen MR) is 108 cm³/mol. The number of fused-ring (bicyclic) bond motifs is 1. The van der Waals surface area contributed by atoms with E-state index in [9.17, 15) is 14.3 Å². The molecule has 0 aliphatic rings. The van der Waals surface area contributed by atoms with Crippen molar-refractivity contribution in [2.75, 3.05) is 4.90 Å².